The van der Waals surface area contributed by atoms with Crippen LogP contribution in [0.3, 0.4) is 0 Å². The van der Waals surface area contributed by atoms with E-state index in [1.54, 1.807) is 0 Å². The normalized spacial score (nSPS) is 57.7. The van der Waals surface area contributed by atoms with Gasteiger partial charge in [-0.2, -0.15) is 0 Å². The van der Waals surface area contributed by atoms with Crippen molar-refractivity contribution in [3.8, 4) is 0 Å². The van der Waals surface area contributed by atoms with Crippen LogP contribution in [0.5, 0.6) is 0 Å². The van der Waals surface area contributed by atoms with Crippen molar-refractivity contribution < 1.29 is 14.9 Å². The molecule has 2 N–H and O–H groups in total. The fourth-order valence-corrected chi connectivity index (χ4v) is 5.09. The van der Waals surface area contributed by atoms with E-state index in [0.29, 0.717) is 12.5 Å². The highest BCUT2D eigenvalue weighted by molar-refractivity contribution is 5.28. The highest BCUT2D eigenvalue weighted by atomic mass is 16.5. The summed E-state index contributed by atoms with van der Waals surface area (Å²) in [7, 11) is 0. The summed E-state index contributed by atoms with van der Waals surface area (Å²) in [6.45, 7) is 11.1. The van der Waals surface area contributed by atoms with Crippen LogP contribution in [0.15, 0.2) is 12.2 Å². The Bertz CT molecular complexity index is 407. The average molecular weight is 266 g/mol. The van der Waals surface area contributed by atoms with Crippen LogP contribution in [0.4, 0.5) is 0 Å². The number of hydrogen-bond donors (Lipinski definition) is 2. The zero-order valence-electron chi connectivity index (χ0n) is 12.2. The molecule has 1 saturated heterocycles. The molecule has 7 atom stereocenters. The first-order chi connectivity index (χ1) is 8.85. The molecule has 3 rings (SSSR count). The van der Waals surface area contributed by atoms with Crippen molar-refractivity contribution in [1.82, 2.24) is 0 Å². The van der Waals surface area contributed by atoms with Crippen molar-refractivity contribution in [2.45, 2.75) is 58.3 Å². The van der Waals surface area contributed by atoms with Crippen LogP contribution in [0.1, 0.15) is 40.0 Å². The van der Waals surface area contributed by atoms with Gasteiger partial charge >= 0.3 is 0 Å². The molecule has 19 heavy (non-hydrogen) atoms. The summed E-state index contributed by atoms with van der Waals surface area (Å²) in [4.78, 5) is 0. The Balaban J connectivity index is 2.07. The average Bonchev–Trinajstić information content (AvgIpc) is 2.80. The van der Waals surface area contributed by atoms with E-state index in [9.17, 15) is 10.2 Å². The van der Waals surface area contributed by atoms with Crippen molar-refractivity contribution in [2.24, 2.45) is 22.7 Å². The summed E-state index contributed by atoms with van der Waals surface area (Å²) in [5, 5.41) is 21.5. The molecule has 3 fully saturated rings. The highest BCUT2D eigenvalue weighted by Gasteiger charge is 2.67. The second-order valence-corrected chi connectivity index (χ2v) is 7.22. The molecular formula is C16H26O3. The molecule has 0 aromatic rings. The molecule has 3 heteroatoms. The van der Waals surface area contributed by atoms with Gasteiger partial charge in [0.2, 0.25) is 0 Å². The van der Waals surface area contributed by atoms with Gasteiger partial charge in [-0.3, -0.25) is 0 Å². The summed E-state index contributed by atoms with van der Waals surface area (Å²) in [6.07, 6.45) is 1.90. The van der Waals surface area contributed by atoms with Gasteiger partial charge in [-0.1, -0.05) is 20.4 Å². The first kappa shape index (κ1) is 13.6. The van der Waals surface area contributed by atoms with Gasteiger partial charge in [-0.25, -0.2) is 0 Å². The fraction of sp³-hybridized carbons (Fsp3) is 0.875. The van der Waals surface area contributed by atoms with E-state index in [-0.39, 0.29) is 29.0 Å². The quantitative estimate of drug-likeness (QED) is 0.660. The van der Waals surface area contributed by atoms with Crippen LogP contribution in [-0.2, 0) is 4.74 Å². The topological polar surface area (TPSA) is 49.7 Å². The molecule has 1 heterocycles. The minimum atomic E-state index is -0.458. The lowest BCUT2D eigenvalue weighted by Gasteiger charge is -2.47. The zero-order valence-corrected chi connectivity index (χ0v) is 12.2. The fourth-order valence-electron chi connectivity index (χ4n) is 5.09. The van der Waals surface area contributed by atoms with E-state index in [1.807, 2.05) is 6.92 Å². The summed E-state index contributed by atoms with van der Waals surface area (Å²) < 4.78 is 5.75. The molecule has 0 aromatic heterocycles. The number of ether oxygens (including phenoxy) is 1. The predicted molar refractivity (Wildman–Crippen MR) is 73.6 cm³/mol. The summed E-state index contributed by atoms with van der Waals surface area (Å²) in [6, 6.07) is 0. The van der Waals surface area contributed by atoms with Crippen LogP contribution in [0, 0.1) is 22.7 Å². The van der Waals surface area contributed by atoms with Crippen molar-refractivity contribution in [3.05, 3.63) is 12.2 Å². The third-order valence-electron chi connectivity index (χ3n) is 6.75. The Labute approximate surface area is 115 Å². The van der Waals surface area contributed by atoms with E-state index in [0.717, 1.165) is 24.8 Å². The summed E-state index contributed by atoms with van der Waals surface area (Å²) >= 11 is 0. The maximum atomic E-state index is 11.1. The minimum Gasteiger partial charge on any atom is -0.393 e. The number of aliphatic hydroxyl groups excluding tert-OH is 2. The molecule has 3 aliphatic rings. The molecule has 108 valence electrons. The standard InChI is InChI=1S/C16H26O3/c1-9-5-6-13(17)12-7-16(14(18)15(9,12)4)10(2)8-19-11(16)3/h9,11-14,17-18H,2,5-8H2,1,3-4H3/t9-,11+,12-,13+,14-,15+,16+/m1/s1. The highest BCUT2D eigenvalue weighted by Crippen LogP contribution is 2.65. The van der Waals surface area contributed by atoms with E-state index >= 15 is 0 Å². The van der Waals surface area contributed by atoms with Crippen LogP contribution >= 0.6 is 0 Å². The van der Waals surface area contributed by atoms with E-state index in [2.05, 4.69) is 20.4 Å². The van der Waals surface area contributed by atoms with Gasteiger partial charge in [0.15, 0.2) is 0 Å². The van der Waals surface area contributed by atoms with Crippen LogP contribution in [0.25, 0.3) is 0 Å². The number of fused-ring (bicyclic) bond motifs is 1. The van der Waals surface area contributed by atoms with Gasteiger partial charge in [-0.15, -0.1) is 0 Å². The molecule has 3 nitrogen and oxygen atoms in total. The molecule has 0 radical (unpaired) electrons. The Kier molecular flexibility index (Phi) is 2.91. The monoisotopic (exact) mass is 266 g/mol. The van der Waals surface area contributed by atoms with Gasteiger partial charge in [0, 0.05) is 10.8 Å². The van der Waals surface area contributed by atoms with Crippen LogP contribution in [-0.4, -0.2) is 35.1 Å². The number of hydrogen-bond acceptors (Lipinski definition) is 3. The summed E-state index contributed by atoms with van der Waals surface area (Å²) in [5.41, 5.74) is 0.448. The first-order valence-electron chi connectivity index (χ1n) is 7.51. The minimum absolute atomic E-state index is 0.00294. The Morgan fingerprint density at radius 2 is 1.95 bits per heavy atom. The van der Waals surface area contributed by atoms with Crippen molar-refractivity contribution in [1.29, 1.82) is 0 Å². The Morgan fingerprint density at radius 3 is 2.47 bits per heavy atom. The third kappa shape index (κ3) is 1.44. The number of aliphatic hydroxyl groups is 2. The van der Waals surface area contributed by atoms with Crippen molar-refractivity contribution in [2.75, 3.05) is 6.61 Å². The van der Waals surface area contributed by atoms with Crippen molar-refractivity contribution in [3.63, 3.8) is 0 Å². The Morgan fingerprint density at radius 1 is 1.26 bits per heavy atom. The lowest BCUT2D eigenvalue weighted by Crippen LogP contribution is -2.50. The van der Waals surface area contributed by atoms with Gasteiger partial charge < -0.3 is 14.9 Å². The molecule has 1 aliphatic heterocycles. The predicted octanol–water partition coefficient (Wildman–Crippen LogP) is 2.13. The lowest BCUT2D eigenvalue weighted by atomic mass is 9.60. The first-order valence-corrected chi connectivity index (χ1v) is 7.51. The second kappa shape index (κ2) is 4.06. The Hall–Kier alpha value is -0.380. The van der Waals surface area contributed by atoms with Gasteiger partial charge in [0.25, 0.3) is 0 Å². The molecule has 0 unspecified atom stereocenters. The maximum absolute atomic E-state index is 11.1. The van der Waals surface area contributed by atoms with Crippen LogP contribution in [0.2, 0.25) is 0 Å². The third-order valence-corrected chi connectivity index (χ3v) is 6.75. The van der Waals surface area contributed by atoms with Gasteiger partial charge in [-0.05, 0) is 43.6 Å². The van der Waals surface area contributed by atoms with Crippen LogP contribution < -0.4 is 0 Å². The van der Waals surface area contributed by atoms with Gasteiger partial charge in [0.05, 0.1) is 24.9 Å². The molecule has 0 amide bonds. The smallest absolute Gasteiger partial charge is 0.0718 e. The SMILES string of the molecule is C=C1CO[C@@H](C)[C@]12C[C@@H]1[C@@H](O)CC[C@@H](C)[C@]1(C)[C@H]2O. The van der Waals surface area contributed by atoms with E-state index in [4.69, 9.17) is 4.74 Å². The van der Waals surface area contributed by atoms with E-state index < -0.39 is 6.10 Å². The molecule has 2 aliphatic carbocycles. The molecule has 0 bridgehead atoms. The van der Waals surface area contributed by atoms with E-state index in [1.165, 1.54) is 0 Å². The summed E-state index contributed by atoms with van der Waals surface area (Å²) in [5.74, 6) is 0.586. The molecular weight excluding hydrogens is 240 g/mol. The molecule has 2 saturated carbocycles. The second-order valence-electron chi connectivity index (χ2n) is 7.22. The molecule has 0 aromatic carbocycles. The van der Waals surface area contributed by atoms with Gasteiger partial charge in [0.1, 0.15) is 0 Å². The lowest BCUT2D eigenvalue weighted by molar-refractivity contribution is -0.101. The maximum Gasteiger partial charge on any atom is 0.0718 e. The molecule has 1 spiro atoms. The number of rotatable bonds is 0. The van der Waals surface area contributed by atoms with Crippen molar-refractivity contribution >= 4 is 0 Å². The largest absolute Gasteiger partial charge is 0.393 e. The zero-order chi connectivity index (χ0) is 14.0.